The first kappa shape index (κ1) is 22.0. The van der Waals surface area contributed by atoms with E-state index in [1.54, 1.807) is 0 Å². The average Bonchev–Trinajstić information content (AvgIpc) is 3.17. The first-order valence-electron chi connectivity index (χ1n) is 8.73. The minimum atomic E-state index is -4.45. The molecule has 0 spiro atoms. The Bertz CT molecular complexity index is 1350. The number of ether oxygens (including phenoxy) is 2. The fourth-order valence-corrected chi connectivity index (χ4v) is 4.81. The Balaban J connectivity index is 1.98. The zero-order valence-electron chi connectivity index (χ0n) is 16.0. The monoisotopic (exact) mass is 530 g/mol. The number of halogens is 3. The number of nitrogens with zero attached hydrogens (tertiary/aromatic N) is 3. The highest BCUT2D eigenvalue weighted by Gasteiger charge is 2.27. The van der Waals surface area contributed by atoms with Crippen LogP contribution in [0.4, 0.5) is 14.5 Å². The molecule has 2 aromatic heterocycles. The van der Waals surface area contributed by atoms with E-state index in [1.807, 2.05) is 0 Å². The minimum Gasteiger partial charge on any atom is -0.505 e. The molecule has 168 valence electrons. The third kappa shape index (κ3) is 3.86. The second-order valence-electron chi connectivity index (χ2n) is 6.51. The summed E-state index contributed by atoms with van der Waals surface area (Å²) in [6.07, 6.45) is 2.29. The predicted molar refractivity (Wildman–Crippen MR) is 109 cm³/mol. The summed E-state index contributed by atoms with van der Waals surface area (Å²) in [5, 5.41) is 14.0. The lowest BCUT2D eigenvalue weighted by atomic mass is 10.1. The number of aromatic nitrogens is 3. The normalized spacial score (nSPS) is 15.0. The maximum Gasteiger partial charge on any atom is 0.338 e. The Morgan fingerprint density at radius 3 is 2.75 bits per heavy atom. The van der Waals surface area contributed by atoms with Crippen LogP contribution in [-0.2, 0) is 21.4 Å². The van der Waals surface area contributed by atoms with Crippen molar-refractivity contribution in [2.75, 3.05) is 11.8 Å². The number of carbonyl (C=O) groups is 1. The lowest BCUT2D eigenvalue weighted by molar-refractivity contribution is 0.0446. The highest BCUT2D eigenvalue weighted by atomic mass is 79.9. The summed E-state index contributed by atoms with van der Waals surface area (Å²) in [7, 11) is -3.19. The van der Waals surface area contributed by atoms with Gasteiger partial charge in [0.2, 0.25) is 5.88 Å². The van der Waals surface area contributed by atoms with Gasteiger partial charge in [-0.25, -0.2) is 22.9 Å². The highest BCUT2D eigenvalue weighted by Crippen LogP contribution is 2.37. The van der Waals surface area contributed by atoms with Crippen LogP contribution < -0.4 is 9.46 Å². The Hall–Kier alpha value is -3.26. The van der Waals surface area contributed by atoms with Crippen LogP contribution in [0.1, 0.15) is 22.6 Å². The number of methoxy groups -OCH3 is 1. The molecule has 0 unspecified atom stereocenters. The lowest BCUT2D eigenvalue weighted by Crippen LogP contribution is -2.15. The quantitative estimate of drug-likeness (QED) is 0.482. The maximum atomic E-state index is 13.2. The zero-order valence-corrected chi connectivity index (χ0v) is 18.4. The Morgan fingerprint density at radius 1 is 1.31 bits per heavy atom. The Morgan fingerprint density at radius 2 is 2.06 bits per heavy atom. The highest BCUT2D eigenvalue weighted by molar-refractivity contribution is 9.10. The number of phenolic OH excluding ortho intramolecular Hbond substituents is 1. The van der Waals surface area contributed by atoms with E-state index >= 15 is 0 Å². The van der Waals surface area contributed by atoms with Crippen LogP contribution in [0.5, 0.6) is 11.6 Å². The molecule has 0 atom stereocenters. The zero-order chi connectivity index (χ0) is 23.2. The number of fused-ring (bicyclic) bond motifs is 6. The van der Waals surface area contributed by atoms with E-state index in [0.29, 0.717) is 4.68 Å². The first-order chi connectivity index (χ1) is 15.1. The van der Waals surface area contributed by atoms with Crippen LogP contribution in [0.25, 0.3) is 11.1 Å². The van der Waals surface area contributed by atoms with Gasteiger partial charge in [0.05, 0.1) is 17.1 Å². The Labute approximate surface area is 188 Å². The molecule has 0 fully saturated rings. The number of anilines is 1. The second-order valence-corrected chi connectivity index (χ2v) is 9.02. The number of nitrogens with one attached hydrogen (secondary N) is 1. The van der Waals surface area contributed by atoms with E-state index in [0.717, 1.165) is 18.3 Å². The minimum absolute atomic E-state index is 0.00302. The van der Waals surface area contributed by atoms with Gasteiger partial charge in [-0.15, -0.1) is 0 Å². The molecule has 1 aromatic carbocycles. The van der Waals surface area contributed by atoms with Gasteiger partial charge < -0.3 is 14.6 Å². The van der Waals surface area contributed by atoms with Crippen molar-refractivity contribution in [3.63, 3.8) is 0 Å². The fraction of sp³-hybridized carbons (Fsp3) is 0.167. The number of cyclic esters (lactones) is 1. The third-order valence-corrected chi connectivity index (χ3v) is 6.49. The number of rotatable bonds is 2. The summed E-state index contributed by atoms with van der Waals surface area (Å²) in [5.74, 6) is -1.71. The molecule has 1 aliphatic rings. The molecular weight excluding hydrogens is 518 g/mol. The molecule has 2 N–H and O–H groups in total. The fourth-order valence-electron chi connectivity index (χ4n) is 3.03. The van der Waals surface area contributed by atoms with Crippen molar-refractivity contribution >= 4 is 37.6 Å². The summed E-state index contributed by atoms with van der Waals surface area (Å²) in [6, 6.07) is 3.39. The van der Waals surface area contributed by atoms with Gasteiger partial charge in [-0.2, -0.15) is 13.9 Å². The number of hydrogen-bond donors (Lipinski definition) is 2. The van der Waals surface area contributed by atoms with Crippen molar-refractivity contribution in [3.05, 3.63) is 46.3 Å². The SMILES string of the molecule is COc1ncc2cc1NS(=O)(=O)c1cc(cc(Br)c1O)C(=O)OCc1nn(C(F)F)cc1-2. The number of alkyl halides is 2. The number of esters is 1. The molecule has 32 heavy (non-hydrogen) atoms. The van der Waals surface area contributed by atoms with Crippen molar-refractivity contribution in [1.82, 2.24) is 14.8 Å². The predicted octanol–water partition coefficient (Wildman–Crippen LogP) is 3.29. The number of phenols is 1. The molecule has 1 aliphatic heterocycles. The van der Waals surface area contributed by atoms with Crippen molar-refractivity contribution in [1.29, 1.82) is 0 Å². The average molecular weight is 531 g/mol. The summed E-state index contributed by atoms with van der Waals surface area (Å²) in [4.78, 5) is 16.0. The van der Waals surface area contributed by atoms with Gasteiger partial charge >= 0.3 is 12.5 Å². The van der Waals surface area contributed by atoms with Crippen molar-refractivity contribution < 1.29 is 36.6 Å². The van der Waals surface area contributed by atoms with E-state index < -0.39 is 39.8 Å². The molecule has 4 rings (SSSR count). The molecule has 0 saturated carbocycles. The summed E-state index contributed by atoms with van der Waals surface area (Å²) in [5.41, 5.74) is 0.00679. The number of pyridine rings is 1. The van der Waals surface area contributed by atoms with E-state index in [1.165, 1.54) is 19.4 Å². The topological polar surface area (TPSA) is 133 Å². The van der Waals surface area contributed by atoms with E-state index in [2.05, 4.69) is 30.7 Å². The molecule has 0 amide bonds. The van der Waals surface area contributed by atoms with Gasteiger partial charge in [0.1, 0.15) is 28.6 Å². The van der Waals surface area contributed by atoms with E-state index in [4.69, 9.17) is 9.47 Å². The van der Waals surface area contributed by atoms with Crippen LogP contribution in [0.2, 0.25) is 0 Å². The number of aromatic hydroxyl groups is 1. The van der Waals surface area contributed by atoms with Crippen LogP contribution in [0.3, 0.4) is 0 Å². The molecular formula is C18H13BrF2N4O6S. The lowest BCUT2D eigenvalue weighted by Gasteiger charge is -2.14. The first-order valence-corrected chi connectivity index (χ1v) is 11.0. The number of sulfonamides is 1. The molecule has 3 heterocycles. The van der Waals surface area contributed by atoms with Gasteiger partial charge in [-0.1, -0.05) is 0 Å². The molecule has 4 bridgehead atoms. The molecule has 14 heteroatoms. The second kappa shape index (κ2) is 8.02. The third-order valence-electron chi connectivity index (χ3n) is 4.50. The van der Waals surface area contributed by atoms with Crippen LogP contribution in [0, 0.1) is 0 Å². The van der Waals surface area contributed by atoms with Gasteiger partial charge in [-0.05, 0) is 34.1 Å². The van der Waals surface area contributed by atoms with Gasteiger partial charge in [0.25, 0.3) is 10.0 Å². The molecule has 0 aliphatic carbocycles. The largest absolute Gasteiger partial charge is 0.505 e. The summed E-state index contributed by atoms with van der Waals surface area (Å²) < 4.78 is 65.3. The maximum absolute atomic E-state index is 13.2. The van der Waals surface area contributed by atoms with Gasteiger partial charge in [-0.3, -0.25) is 4.72 Å². The van der Waals surface area contributed by atoms with Gasteiger partial charge in [0, 0.05) is 23.5 Å². The number of benzene rings is 1. The molecule has 0 saturated heterocycles. The Kier molecular flexibility index (Phi) is 5.50. The summed E-state index contributed by atoms with van der Waals surface area (Å²) in [6.45, 7) is -3.44. The van der Waals surface area contributed by atoms with Crippen LogP contribution >= 0.6 is 15.9 Å². The molecule has 3 aromatic rings. The van der Waals surface area contributed by atoms with Crippen molar-refractivity contribution in [2.24, 2.45) is 0 Å². The van der Waals surface area contributed by atoms with Crippen LogP contribution in [-0.4, -0.2) is 41.4 Å². The van der Waals surface area contributed by atoms with E-state index in [9.17, 15) is 27.1 Å². The standard InChI is InChI=1S/C18H13BrF2N4O6S/c1-30-16-12-3-9(5-22-16)10-6-25(18(20)21)23-13(10)7-31-17(27)8-2-11(19)15(26)14(4-8)32(28,29)24-12/h2-6,18,24,26H,7H2,1H3. The molecule has 10 nitrogen and oxygen atoms in total. The smallest absolute Gasteiger partial charge is 0.338 e. The number of carbonyl (C=O) groups excluding carboxylic acids is 1. The number of hydrogen-bond acceptors (Lipinski definition) is 8. The van der Waals surface area contributed by atoms with Gasteiger partial charge in [0.15, 0.2) is 0 Å². The van der Waals surface area contributed by atoms with Crippen LogP contribution in [0.15, 0.2) is 40.0 Å². The van der Waals surface area contributed by atoms with E-state index in [-0.39, 0.29) is 38.4 Å². The molecule has 0 radical (unpaired) electrons. The van der Waals surface area contributed by atoms with Crippen molar-refractivity contribution in [3.8, 4) is 22.8 Å². The summed E-state index contributed by atoms with van der Waals surface area (Å²) >= 11 is 3.01. The van der Waals surface area contributed by atoms with Crippen molar-refractivity contribution in [2.45, 2.75) is 18.1 Å².